The highest BCUT2D eigenvalue weighted by Crippen LogP contribution is 2.28. The van der Waals surface area contributed by atoms with Crippen molar-refractivity contribution in [2.75, 3.05) is 11.9 Å². The van der Waals surface area contributed by atoms with Crippen LogP contribution in [0.4, 0.5) is 14.7 Å². The zero-order chi connectivity index (χ0) is 20.5. The maximum atomic E-state index is 12.3. The third-order valence-electron chi connectivity index (χ3n) is 5.43. The number of halogens is 2. The van der Waals surface area contributed by atoms with Gasteiger partial charge in [0.15, 0.2) is 5.65 Å². The highest BCUT2D eigenvalue weighted by molar-refractivity contribution is 5.92. The average molecular weight is 413 g/mol. The molecule has 0 amide bonds. The van der Waals surface area contributed by atoms with E-state index in [4.69, 9.17) is 4.74 Å². The van der Waals surface area contributed by atoms with Gasteiger partial charge < -0.3 is 15.0 Å². The Bertz CT molecular complexity index is 1150. The van der Waals surface area contributed by atoms with Crippen molar-refractivity contribution in [1.29, 1.82) is 0 Å². The second-order valence-electron chi connectivity index (χ2n) is 7.45. The Balaban J connectivity index is 1.27. The number of rotatable bonds is 6. The van der Waals surface area contributed by atoms with E-state index in [0.717, 1.165) is 53.6 Å². The molecule has 0 atom stereocenters. The van der Waals surface area contributed by atoms with Gasteiger partial charge in [0.1, 0.15) is 12.3 Å². The average Bonchev–Trinajstić information content (AvgIpc) is 3.39. The summed E-state index contributed by atoms with van der Waals surface area (Å²) in [6.07, 6.45) is 7.91. The summed E-state index contributed by atoms with van der Waals surface area (Å²) in [7, 11) is 0. The van der Waals surface area contributed by atoms with Crippen molar-refractivity contribution < 1.29 is 13.5 Å². The SMILES string of the molecule is FC(F)CO[C@H]1CC[C@@H](Nc2ncc3c(-c4ccn5nccc5n4)c[nH]c3n2)CC1. The van der Waals surface area contributed by atoms with Crippen LogP contribution in [-0.4, -0.2) is 54.7 Å². The number of ether oxygens (including phenoxy) is 1. The summed E-state index contributed by atoms with van der Waals surface area (Å²) in [6.45, 7) is -0.486. The molecular formula is C20H21F2N7O. The van der Waals surface area contributed by atoms with E-state index < -0.39 is 13.0 Å². The van der Waals surface area contributed by atoms with Crippen molar-refractivity contribution in [3.05, 3.63) is 36.9 Å². The molecule has 2 N–H and O–H groups in total. The van der Waals surface area contributed by atoms with E-state index in [1.54, 1.807) is 16.9 Å². The quantitative estimate of drug-likeness (QED) is 0.501. The maximum Gasteiger partial charge on any atom is 0.261 e. The van der Waals surface area contributed by atoms with Crippen molar-refractivity contribution in [3.8, 4) is 11.3 Å². The molecule has 0 bridgehead atoms. The summed E-state index contributed by atoms with van der Waals surface area (Å²) in [5.74, 6) is 0.548. The molecule has 8 nitrogen and oxygen atoms in total. The number of aromatic nitrogens is 6. The van der Waals surface area contributed by atoms with Crippen LogP contribution >= 0.6 is 0 Å². The van der Waals surface area contributed by atoms with E-state index in [9.17, 15) is 8.78 Å². The third-order valence-corrected chi connectivity index (χ3v) is 5.43. The lowest BCUT2D eigenvalue weighted by Crippen LogP contribution is -2.31. The first-order valence-corrected chi connectivity index (χ1v) is 9.97. The molecule has 1 saturated carbocycles. The number of fused-ring (bicyclic) bond motifs is 2. The number of alkyl halides is 2. The minimum absolute atomic E-state index is 0.0907. The first kappa shape index (κ1) is 18.9. The maximum absolute atomic E-state index is 12.3. The van der Waals surface area contributed by atoms with Gasteiger partial charge in [0.25, 0.3) is 6.43 Å². The highest BCUT2D eigenvalue weighted by atomic mass is 19.3. The second-order valence-corrected chi connectivity index (χ2v) is 7.45. The van der Waals surface area contributed by atoms with E-state index in [1.807, 2.05) is 24.5 Å². The van der Waals surface area contributed by atoms with Gasteiger partial charge in [-0.25, -0.2) is 23.3 Å². The van der Waals surface area contributed by atoms with Gasteiger partial charge in [0.05, 0.1) is 18.0 Å². The van der Waals surface area contributed by atoms with E-state index in [2.05, 4.69) is 30.4 Å². The number of hydrogen-bond donors (Lipinski definition) is 2. The van der Waals surface area contributed by atoms with Crippen LogP contribution < -0.4 is 5.32 Å². The summed E-state index contributed by atoms with van der Waals surface area (Å²) in [5.41, 5.74) is 3.25. The number of H-pyrrole nitrogens is 1. The fourth-order valence-electron chi connectivity index (χ4n) is 3.92. The van der Waals surface area contributed by atoms with Crippen molar-refractivity contribution in [2.24, 2.45) is 0 Å². The van der Waals surface area contributed by atoms with Gasteiger partial charge in [-0.05, 0) is 31.7 Å². The number of anilines is 1. The standard InChI is InChI=1S/C20H21F2N7O/c21-17(22)11-30-13-3-1-12(2-4-13)26-20-24-10-15-14(9-23-19(15)28-20)16-6-8-29-18(27-16)5-7-25-29/h5-10,12-13,17H,1-4,11H2,(H2,23,24,26,28)/t12-,13+. The monoisotopic (exact) mass is 413 g/mol. The number of nitrogens with one attached hydrogen (secondary N) is 2. The van der Waals surface area contributed by atoms with E-state index in [1.165, 1.54) is 0 Å². The summed E-state index contributed by atoms with van der Waals surface area (Å²) < 4.78 is 31.5. The van der Waals surface area contributed by atoms with E-state index in [-0.39, 0.29) is 12.1 Å². The van der Waals surface area contributed by atoms with Gasteiger partial charge in [-0.15, -0.1) is 0 Å². The lowest BCUT2D eigenvalue weighted by molar-refractivity contribution is -0.0374. The lowest BCUT2D eigenvalue weighted by Gasteiger charge is -2.29. The first-order chi connectivity index (χ1) is 14.7. The molecule has 0 aliphatic heterocycles. The Labute approximate surface area is 170 Å². The minimum Gasteiger partial charge on any atom is -0.372 e. The zero-order valence-corrected chi connectivity index (χ0v) is 16.1. The number of nitrogens with zero attached hydrogens (tertiary/aromatic N) is 5. The Morgan fingerprint density at radius 3 is 2.90 bits per heavy atom. The van der Waals surface area contributed by atoms with Crippen LogP contribution in [0.2, 0.25) is 0 Å². The molecule has 0 radical (unpaired) electrons. The third kappa shape index (κ3) is 3.82. The number of aromatic amines is 1. The summed E-state index contributed by atoms with van der Waals surface area (Å²) in [4.78, 5) is 16.9. The molecule has 0 unspecified atom stereocenters. The Kier molecular flexibility index (Phi) is 4.99. The second kappa shape index (κ2) is 7.94. The molecule has 156 valence electrons. The molecule has 4 heterocycles. The molecule has 30 heavy (non-hydrogen) atoms. The van der Waals surface area contributed by atoms with Crippen molar-refractivity contribution >= 4 is 22.6 Å². The molecular weight excluding hydrogens is 392 g/mol. The van der Waals surface area contributed by atoms with Crippen LogP contribution in [-0.2, 0) is 4.74 Å². The van der Waals surface area contributed by atoms with E-state index in [0.29, 0.717) is 5.95 Å². The predicted octanol–water partition coefficient (Wildman–Crippen LogP) is 3.67. The highest BCUT2D eigenvalue weighted by Gasteiger charge is 2.23. The molecule has 0 aromatic carbocycles. The molecule has 0 spiro atoms. The Hall–Kier alpha value is -3.14. The zero-order valence-electron chi connectivity index (χ0n) is 16.1. The summed E-state index contributed by atoms with van der Waals surface area (Å²) >= 11 is 0. The molecule has 1 aliphatic rings. The Morgan fingerprint density at radius 1 is 1.20 bits per heavy atom. The molecule has 1 fully saturated rings. The van der Waals surface area contributed by atoms with Crippen LogP contribution in [0, 0.1) is 0 Å². The van der Waals surface area contributed by atoms with Gasteiger partial charge in [0.2, 0.25) is 5.95 Å². The fourth-order valence-corrected chi connectivity index (χ4v) is 3.92. The normalized spacial score (nSPS) is 19.7. The first-order valence-electron chi connectivity index (χ1n) is 9.97. The van der Waals surface area contributed by atoms with Crippen LogP contribution in [0.25, 0.3) is 27.9 Å². The molecule has 4 aromatic heterocycles. The van der Waals surface area contributed by atoms with E-state index >= 15 is 0 Å². The minimum atomic E-state index is -2.41. The van der Waals surface area contributed by atoms with Crippen LogP contribution in [0.3, 0.4) is 0 Å². The van der Waals surface area contributed by atoms with Crippen LogP contribution in [0.15, 0.2) is 36.9 Å². The summed E-state index contributed by atoms with van der Waals surface area (Å²) in [6, 6.07) is 3.96. The molecule has 4 aromatic rings. The number of hydrogen-bond acceptors (Lipinski definition) is 6. The molecule has 1 aliphatic carbocycles. The van der Waals surface area contributed by atoms with Gasteiger partial charge in [0, 0.05) is 41.6 Å². The van der Waals surface area contributed by atoms with Gasteiger partial charge >= 0.3 is 0 Å². The smallest absolute Gasteiger partial charge is 0.261 e. The predicted molar refractivity (Wildman–Crippen MR) is 107 cm³/mol. The lowest BCUT2D eigenvalue weighted by atomic mass is 9.93. The van der Waals surface area contributed by atoms with Gasteiger partial charge in [-0.2, -0.15) is 10.1 Å². The van der Waals surface area contributed by atoms with Crippen molar-refractivity contribution in [2.45, 2.75) is 44.3 Å². The largest absolute Gasteiger partial charge is 0.372 e. The Morgan fingerprint density at radius 2 is 2.07 bits per heavy atom. The topological polar surface area (TPSA) is 93.0 Å². The molecule has 10 heteroatoms. The van der Waals surface area contributed by atoms with Crippen LogP contribution in [0.1, 0.15) is 25.7 Å². The van der Waals surface area contributed by atoms with Crippen LogP contribution in [0.5, 0.6) is 0 Å². The molecule has 0 saturated heterocycles. The van der Waals surface area contributed by atoms with Gasteiger partial charge in [-0.1, -0.05) is 0 Å². The fraction of sp³-hybridized carbons (Fsp3) is 0.400. The van der Waals surface area contributed by atoms with Gasteiger partial charge in [-0.3, -0.25) is 0 Å². The molecule has 5 rings (SSSR count). The van der Waals surface area contributed by atoms with Crippen molar-refractivity contribution in [3.63, 3.8) is 0 Å². The van der Waals surface area contributed by atoms with Crippen molar-refractivity contribution in [1.82, 2.24) is 29.5 Å². The summed E-state index contributed by atoms with van der Waals surface area (Å²) in [5, 5.41) is 8.41.